The lowest BCUT2D eigenvalue weighted by Gasteiger charge is -2.34. The largest absolute Gasteiger partial charge is 0.338 e. The molecule has 1 saturated heterocycles. The van der Waals surface area contributed by atoms with Crippen LogP contribution in [0.1, 0.15) is 12.1 Å². The van der Waals surface area contributed by atoms with Gasteiger partial charge in [0, 0.05) is 62.7 Å². The summed E-state index contributed by atoms with van der Waals surface area (Å²) < 4.78 is 1.84. The molecule has 3 heterocycles. The predicted octanol–water partition coefficient (Wildman–Crippen LogP) is 2.30. The molecule has 0 unspecified atom stereocenters. The Bertz CT molecular complexity index is 982. The van der Waals surface area contributed by atoms with E-state index in [4.69, 9.17) is 0 Å². The highest BCUT2D eigenvalue weighted by Gasteiger charge is 2.18. The van der Waals surface area contributed by atoms with E-state index < -0.39 is 0 Å². The van der Waals surface area contributed by atoms with E-state index in [2.05, 4.69) is 35.5 Å². The summed E-state index contributed by atoms with van der Waals surface area (Å²) in [6.07, 6.45) is 6.22. The smallest absolute Gasteiger partial charge is 0.319 e. The van der Waals surface area contributed by atoms with Gasteiger partial charge < -0.3 is 15.5 Å². The Balaban J connectivity index is 1.16. The molecular formula is C22H28N8O. The molecule has 1 fully saturated rings. The standard InChI is InChI=1S/C22H28N8O/c1-18-7-11-26-30(18)20-6-2-5-19(17-20)27-22(31)25-10-4-12-28-13-15-29(16-14-28)21-23-8-3-9-24-21/h2-3,5-9,11,17H,4,10,12-16H2,1H3,(H2,25,27,31). The fourth-order valence-corrected chi connectivity index (χ4v) is 3.66. The van der Waals surface area contributed by atoms with E-state index in [9.17, 15) is 4.79 Å². The summed E-state index contributed by atoms with van der Waals surface area (Å²) in [5, 5.41) is 10.1. The first kappa shape index (κ1) is 20.8. The summed E-state index contributed by atoms with van der Waals surface area (Å²) in [5.41, 5.74) is 2.70. The molecule has 9 nitrogen and oxygen atoms in total. The number of urea groups is 1. The van der Waals surface area contributed by atoms with E-state index in [-0.39, 0.29) is 6.03 Å². The summed E-state index contributed by atoms with van der Waals surface area (Å²) >= 11 is 0. The molecule has 2 aromatic heterocycles. The average Bonchev–Trinajstić information content (AvgIpc) is 3.24. The molecule has 0 radical (unpaired) electrons. The first-order valence-electron chi connectivity index (χ1n) is 10.6. The van der Waals surface area contributed by atoms with Crippen molar-refractivity contribution < 1.29 is 4.79 Å². The van der Waals surface area contributed by atoms with Gasteiger partial charge in [-0.05, 0) is 50.2 Å². The lowest BCUT2D eigenvalue weighted by molar-refractivity contribution is 0.244. The van der Waals surface area contributed by atoms with Gasteiger partial charge in [-0.1, -0.05) is 6.07 Å². The maximum atomic E-state index is 12.2. The quantitative estimate of drug-likeness (QED) is 0.570. The fraction of sp³-hybridized carbons (Fsp3) is 0.364. The van der Waals surface area contributed by atoms with Crippen LogP contribution in [0.5, 0.6) is 0 Å². The van der Waals surface area contributed by atoms with Gasteiger partial charge in [0.15, 0.2) is 0 Å². The highest BCUT2D eigenvalue weighted by molar-refractivity contribution is 5.89. The van der Waals surface area contributed by atoms with Gasteiger partial charge >= 0.3 is 6.03 Å². The number of hydrogen-bond acceptors (Lipinski definition) is 6. The van der Waals surface area contributed by atoms with Gasteiger partial charge in [0.25, 0.3) is 0 Å². The lowest BCUT2D eigenvalue weighted by Crippen LogP contribution is -2.47. The Labute approximate surface area is 182 Å². The minimum Gasteiger partial charge on any atom is -0.338 e. The van der Waals surface area contributed by atoms with E-state index in [1.165, 1.54) is 0 Å². The summed E-state index contributed by atoms with van der Waals surface area (Å²) in [7, 11) is 0. The molecule has 4 rings (SSSR count). The number of anilines is 2. The van der Waals surface area contributed by atoms with E-state index in [0.717, 1.165) is 62.2 Å². The van der Waals surface area contributed by atoms with Crippen LogP contribution < -0.4 is 15.5 Å². The van der Waals surface area contributed by atoms with Crippen LogP contribution in [-0.4, -0.2) is 69.9 Å². The maximum absolute atomic E-state index is 12.2. The van der Waals surface area contributed by atoms with Crippen molar-refractivity contribution in [3.63, 3.8) is 0 Å². The number of carbonyl (C=O) groups is 1. The Morgan fingerprint density at radius 3 is 2.58 bits per heavy atom. The number of piperazine rings is 1. The van der Waals surface area contributed by atoms with Gasteiger partial charge in [-0.2, -0.15) is 5.10 Å². The van der Waals surface area contributed by atoms with E-state index in [1.807, 2.05) is 48.0 Å². The van der Waals surface area contributed by atoms with Gasteiger partial charge in [0.05, 0.1) is 5.69 Å². The number of rotatable bonds is 7. The fourth-order valence-electron chi connectivity index (χ4n) is 3.66. The second-order valence-electron chi connectivity index (χ2n) is 7.55. The number of aromatic nitrogens is 4. The minimum atomic E-state index is -0.194. The zero-order valence-corrected chi connectivity index (χ0v) is 17.7. The van der Waals surface area contributed by atoms with Crippen molar-refractivity contribution in [2.24, 2.45) is 0 Å². The molecule has 1 aliphatic rings. The first-order valence-corrected chi connectivity index (χ1v) is 10.6. The van der Waals surface area contributed by atoms with Crippen molar-refractivity contribution in [3.8, 4) is 5.69 Å². The molecule has 2 amide bonds. The first-order chi connectivity index (χ1) is 15.2. The number of nitrogens with zero attached hydrogens (tertiary/aromatic N) is 6. The molecule has 0 saturated carbocycles. The van der Waals surface area contributed by atoms with E-state index >= 15 is 0 Å². The summed E-state index contributed by atoms with van der Waals surface area (Å²) in [6.45, 7) is 7.38. The maximum Gasteiger partial charge on any atom is 0.319 e. The van der Waals surface area contributed by atoms with Crippen LogP contribution in [0.4, 0.5) is 16.4 Å². The molecule has 0 aliphatic carbocycles. The molecule has 2 N–H and O–H groups in total. The Hall–Kier alpha value is -3.46. The van der Waals surface area contributed by atoms with E-state index in [0.29, 0.717) is 6.54 Å². The molecule has 0 atom stereocenters. The normalized spacial score (nSPS) is 14.4. The van der Waals surface area contributed by atoms with Crippen LogP contribution in [0.25, 0.3) is 5.69 Å². The van der Waals surface area contributed by atoms with Crippen molar-refractivity contribution >= 4 is 17.7 Å². The number of amides is 2. The predicted molar refractivity (Wildman–Crippen MR) is 121 cm³/mol. The Morgan fingerprint density at radius 1 is 1.03 bits per heavy atom. The van der Waals surface area contributed by atoms with Crippen molar-refractivity contribution in [3.05, 3.63) is 60.7 Å². The van der Waals surface area contributed by atoms with Crippen molar-refractivity contribution in [2.45, 2.75) is 13.3 Å². The van der Waals surface area contributed by atoms with E-state index in [1.54, 1.807) is 18.6 Å². The van der Waals surface area contributed by atoms with Gasteiger partial charge in [0.1, 0.15) is 0 Å². The molecule has 162 valence electrons. The highest BCUT2D eigenvalue weighted by atomic mass is 16.2. The van der Waals surface area contributed by atoms with Crippen LogP contribution in [0, 0.1) is 6.92 Å². The van der Waals surface area contributed by atoms with Gasteiger partial charge in [0.2, 0.25) is 5.95 Å². The number of hydrogen-bond donors (Lipinski definition) is 2. The molecule has 3 aromatic rings. The van der Waals surface area contributed by atoms with Crippen LogP contribution >= 0.6 is 0 Å². The third-order valence-electron chi connectivity index (χ3n) is 5.32. The highest BCUT2D eigenvalue weighted by Crippen LogP contribution is 2.15. The number of aryl methyl sites for hydroxylation is 1. The van der Waals surface area contributed by atoms with Crippen LogP contribution in [0.15, 0.2) is 55.0 Å². The second kappa shape index (κ2) is 10.0. The lowest BCUT2D eigenvalue weighted by atomic mass is 10.2. The van der Waals surface area contributed by atoms with Gasteiger partial charge in [-0.25, -0.2) is 19.4 Å². The minimum absolute atomic E-state index is 0.194. The monoisotopic (exact) mass is 420 g/mol. The van der Waals surface area contributed by atoms with Crippen molar-refractivity contribution in [2.75, 3.05) is 49.5 Å². The Kier molecular flexibility index (Phi) is 6.73. The van der Waals surface area contributed by atoms with Gasteiger partial charge in [-0.15, -0.1) is 0 Å². The third kappa shape index (κ3) is 5.58. The van der Waals surface area contributed by atoms with Crippen LogP contribution in [-0.2, 0) is 0 Å². The molecule has 0 spiro atoms. The SMILES string of the molecule is Cc1ccnn1-c1cccc(NC(=O)NCCCN2CCN(c3ncccn3)CC2)c1. The van der Waals surface area contributed by atoms with Crippen LogP contribution in [0.2, 0.25) is 0 Å². The molecule has 9 heteroatoms. The molecule has 1 aromatic carbocycles. The molecule has 0 bridgehead atoms. The molecule has 31 heavy (non-hydrogen) atoms. The van der Waals surface area contributed by atoms with Crippen molar-refractivity contribution in [1.82, 2.24) is 30.0 Å². The van der Waals surface area contributed by atoms with Crippen molar-refractivity contribution in [1.29, 1.82) is 0 Å². The molecule has 1 aliphatic heterocycles. The zero-order chi connectivity index (χ0) is 21.5. The van der Waals surface area contributed by atoms with Crippen LogP contribution in [0.3, 0.4) is 0 Å². The number of nitrogens with one attached hydrogen (secondary N) is 2. The number of benzene rings is 1. The topological polar surface area (TPSA) is 91.2 Å². The molecular weight excluding hydrogens is 392 g/mol. The Morgan fingerprint density at radius 2 is 1.84 bits per heavy atom. The summed E-state index contributed by atoms with van der Waals surface area (Å²) in [6, 6.07) is 11.2. The number of carbonyl (C=O) groups excluding carboxylic acids is 1. The van der Waals surface area contributed by atoms with Gasteiger partial charge in [-0.3, -0.25) is 4.90 Å². The third-order valence-corrected chi connectivity index (χ3v) is 5.32. The average molecular weight is 421 g/mol. The zero-order valence-electron chi connectivity index (χ0n) is 17.7. The summed E-state index contributed by atoms with van der Waals surface area (Å²) in [4.78, 5) is 25.5. The second-order valence-corrected chi connectivity index (χ2v) is 7.55. The summed E-state index contributed by atoms with van der Waals surface area (Å²) in [5.74, 6) is 0.798.